The zero-order chi connectivity index (χ0) is 13.1. The van der Waals surface area contributed by atoms with E-state index in [1.807, 2.05) is 0 Å². The molecule has 4 heteroatoms. The normalized spacial score (nSPS) is 11.1. The van der Waals surface area contributed by atoms with Gasteiger partial charge >= 0.3 is 0 Å². The van der Waals surface area contributed by atoms with Crippen molar-refractivity contribution in [1.82, 2.24) is 0 Å². The Morgan fingerprint density at radius 3 is 2.12 bits per heavy atom. The topological polar surface area (TPSA) is 55.4 Å². The molecule has 0 unspecified atom stereocenters. The van der Waals surface area contributed by atoms with Crippen LogP contribution in [0.15, 0.2) is 24.3 Å². The molecule has 0 saturated carbocycles. The number of methoxy groups -OCH3 is 1. The lowest BCUT2D eigenvalue weighted by Gasteiger charge is -2.21. The van der Waals surface area contributed by atoms with Gasteiger partial charge in [-0.2, -0.15) is 0 Å². The molecule has 92 valence electrons. The van der Waals surface area contributed by atoms with Gasteiger partial charge in [0.25, 0.3) is 5.91 Å². The Morgan fingerprint density at radius 1 is 1.18 bits per heavy atom. The van der Waals surface area contributed by atoms with Crippen LogP contribution in [-0.4, -0.2) is 24.4 Å². The highest BCUT2D eigenvalue weighted by atomic mass is 16.5. The number of nitrogens with one attached hydrogen (secondary N) is 1. The minimum atomic E-state index is -0.876. The molecule has 0 aliphatic carbocycles. The van der Waals surface area contributed by atoms with Crippen LogP contribution < -0.4 is 5.32 Å². The van der Waals surface area contributed by atoms with Crippen molar-refractivity contribution in [3.8, 4) is 0 Å². The highest BCUT2D eigenvalue weighted by Crippen LogP contribution is 2.14. The molecule has 1 rings (SSSR count). The first-order valence-electron chi connectivity index (χ1n) is 5.34. The summed E-state index contributed by atoms with van der Waals surface area (Å²) >= 11 is 0. The number of hydrogen-bond donors (Lipinski definition) is 1. The fraction of sp³-hybridized carbons (Fsp3) is 0.385. The van der Waals surface area contributed by atoms with Crippen LogP contribution in [0.25, 0.3) is 0 Å². The van der Waals surface area contributed by atoms with Crippen LogP contribution in [-0.2, 0) is 9.53 Å². The minimum absolute atomic E-state index is 0.0000907. The average Bonchev–Trinajstić information content (AvgIpc) is 2.29. The predicted octanol–water partition coefficient (Wildman–Crippen LogP) is 2.25. The molecule has 4 nitrogen and oxygen atoms in total. The van der Waals surface area contributed by atoms with Crippen molar-refractivity contribution in [1.29, 1.82) is 0 Å². The van der Waals surface area contributed by atoms with Crippen molar-refractivity contribution in [2.45, 2.75) is 26.4 Å². The van der Waals surface area contributed by atoms with E-state index in [1.54, 1.807) is 38.1 Å². The molecule has 0 aromatic heterocycles. The monoisotopic (exact) mass is 235 g/mol. The maximum atomic E-state index is 11.8. The lowest BCUT2D eigenvalue weighted by Crippen LogP contribution is -2.38. The van der Waals surface area contributed by atoms with Gasteiger partial charge in [-0.25, -0.2) is 0 Å². The van der Waals surface area contributed by atoms with Crippen molar-refractivity contribution < 1.29 is 14.3 Å². The van der Waals surface area contributed by atoms with Crippen molar-refractivity contribution in [3.05, 3.63) is 29.8 Å². The number of ether oxygens (including phenoxy) is 1. The number of benzene rings is 1. The Morgan fingerprint density at radius 2 is 1.71 bits per heavy atom. The fourth-order valence-corrected chi connectivity index (χ4v) is 1.16. The van der Waals surface area contributed by atoms with E-state index in [9.17, 15) is 9.59 Å². The molecule has 0 atom stereocenters. The molecule has 1 aromatic carbocycles. The summed E-state index contributed by atoms with van der Waals surface area (Å²) in [6.07, 6.45) is 0. The number of ketones is 1. The van der Waals surface area contributed by atoms with Crippen molar-refractivity contribution in [2.75, 3.05) is 12.4 Å². The summed E-state index contributed by atoms with van der Waals surface area (Å²) in [6.45, 7) is 4.88. The fourth-order valence-electron chi connectivity index (χ4n) is 1.16. The Hall–Kier alpha value is -1.68. The second-order valence-corrected chi connectivity index (χ2v) is 4.30. The van der Waals surface area contributed by atoms with Crippen molar-refractivity contribution in [3.63, 3.8) is 0 Å². The standard InChI is InChI=1S/C13H17NO3/c1-9(15)10-5-7-11(8-6-10)14-12(16)13(2,3)17-4/h5-8H,1-4H3,(H,14,16). The van der Waals surface area contributed by atoms with Gasteiger partial charge in [-0.05, 0) is 45.0 Å². The smallest absolute Gasteiger partial charge is 0.256 e. The molecule has 0 spiro atoms. The van der Waals surface area contributed by atoms with Crippen molar-refractivity contribution >= 4 is 17.4 Å². The third-order valence-electron chi connectivity index (χ3n) is 2.61. The summed E-state index contributed by atoms with van der Waals surface area (Å²) in [7, 11) is 1.48. The molecular weight excluding hydrogens is 218 g/mol. The largest absolute Gasteiger partial charge is 0.369 e. The van der Waals surface area contributed by atoms with Gasteiger partial charge in [0.05, 0.1) is 0 Å². The number of carbonyl (C=O) groups excluding carboxylic acids is 2. The van der Waals surface area contributed by atoms with Gasteiger partial charge in [0.15, 0.2) is 5.78 Å². The van der Waals surface area contributed by atoms with E-state index < -0.39 is 5.60 Å². The third-order valence-corrected chi connectivity index (χ3v) is 2.61. The Kier molecular flexibility index (Phi) is 4.02. The number of amides is 1. The molecule has 1 aromatic rings. The van der Waals surface area contributed by atoms with Crippen LogP contribution in [0.5, 0.6) is 0 Å². The summed E-state index contributed by atoms with van der Waals surface area (Å²) in [5.41, 5.74) is 0.387. The van der Waals surface area contributed by atoms with Gasteiger partial charge in [-0.3, -0.25) is 9.59 Å². The lowest BCUT2D eigenvalue weighted by atomic mass is 10.1. The van der Waals surface area contributed by atoms with Gasteiger partial charge in [0.1, 0.15) is 5.60 Å². The maximum Gasteiger partial charge on any atom is 0.256 e. The maximum absolute atomic E-state index is 11.8. The highest BCUT2D eigenvalue weighted by Gasteiger charge is 2.26. The molecule has 0 heterocycles. The van der Waals surface area contributed by atoms with Crippen LogP contribution in [0, 0.1) is 0 Å². The van der Waals surface area contributed by atoms with E-state index in [4.69, 9.17) is 4.74 Å². The first kappa shape index (κ1) is 13.4. The Labute approximate surface area is 101 Å². The average molecular weight is 235 g/mol. The summed E-state index contributed by atoms with van der Waals surface area (Å²) in [5, 5.41) is 2.72. The quantitative estimate of drug-likeness (QED) is 0.814. The van der Waals surface area contributed by atoms with Gasteiger partial charge < -0.3 is 10.1 Å². The number of carbonyl (C=O) groups is 2. The van der Waals surface area contributed by atoms with Gasteiger partial charge in [-0.15, -0.1) is 0 Å². The molecule has 1 N–H and O–H groups in total. The van der Waals surface area contributed by atoms with Crippen molar-refractivity contribution in [2.24, 2.45) is 0 Å². The first-order chi connectivity index (χ1) is 7.86. The summed E-state index contributed by atoms with van der Waals surface area (Å²) in [4.78, 5) is 22.9. The molecular formula is C13H17NO3. The van der Waals surface area contributed by atoms with E-state index in [0.717, 1.165) is 0 Å². The molecule has 0 aliphatic heterocycles. The van der Waals surface area contributed by atoms with Gasteiger partial charge in [0.2, 0.25) is 0 Å². The Balaban J connectivity index is 2.76. The van der Waals surface area contributed by atoms with E-state index in [2.05, 4.69) is 5.32 Å². The second kappa shape index (κ2) is 5.10. The summed E-state index contributed by atoms with van der Waals surface area (Å²) in [5.74, 6) is -0.226. The van der Waals surface area contributed by atoms with E-state index in [-0.39, 0.29) is 11.7 Å². The summed E-state index contributed by atoms with van der Waals surface area (Å²) in [6, 6.07) is 6.75. The number of Topliss-reactive ketones (excluding diaryl/α,β-unsaturated/α-hetero) is 1. The van der Waals surface area contributed by atoms with Crippen LogP contribution >= 0.6 is 0 Å². The van der Waals surface area contributed by atoms with Crippen LogP contribution in [0.2, 0.25) is 0 Å². The molecule has 0 saturated heterocycles. The first-order valence-corrected chi connectivity index (χ1v) is 5.34. The van der Waals surface area contributed by atoms with Crippen LogP contribution in [0.1, 0.15) is 31.1 Å². The highest BCUT2D eigenvalue weighted by molar-refractivity contribution is 5.98. The number of hydrogen-bond acceptors (Lipinski definition) is 3. The molecule has 0 bridgehead atoms. The number of anilines is 1. The zero-order valence-corrected chi connectivity index (χ0v) is 10.5. The van der Waals surface area contributed by atoms with Crippen LogP contribution in [0.4, 0.5) is 5.69 Å². The van der Waals surface area contributed by atoms with E-state index in [1.165, 1.54) is 14.0 Å². The van der Waals surface area contributed by atoms with E-state index in [0.29, 0.717) is 11.3 Å². The van der Waals surface area contributed by atoms with E-state index >= 15 is 0 Å². The van der Waals surface area contributed by atoms with Gasteiger partial charge in [-0.1, -0.05) is 0 Å². The third kappa shape index (κ3) is 3.39. The molecule has 0 radical (unpaired) electrons. The molecule has 17 heavy (non-hydrogen) atoms. The minimum Gasteiger partial charge on any atom is -0.369 e. The second-order valence-electron chi connectivity index (χ2n) is 4.30. The zero-order valence-electron chi connectivity index (χ0n) is 10.5. The number of rotatable bonds is 4. The van der Waals surface area contributed by atoms with Crippen LogP contribution in [0.3, 0.4) is 0 Å². The predicted molar refractivity (Wildman–Crippen MR) is 66.2 cm³/mol. The molecule has 1 amide bonds. The van der Waals surface area contributed by atoms with Gasteiger partial charge in [0, 0.05) is 18.4 Å². The SMILES string of the molecule is COC(C)(C)C(=O)Nc1ccc(C(C)=O)cc1. The molecule has 0 aliphatic rings. The summed E-state index contributed by atoms with van der Waals surface area (Å²) < 4.78 is 5.07. The molecule has 0 fully saturated rings. The Bertz CT molecular complexity index is 421. The lowest BCUT2D eigenvalue weighted by molar-refractivity contribution is -0.133.